The molecule has 1 saturated carbocycles. The van der Waals surface area contributed by atoms with Gasteiger partial charge in [-0.3, -0.25) is 9.78 Å². The summed E-state index contributed by atoms with van der Waals surface area (Å²) in [7, 11) is 0. The Balaban J connectivity index is 1.41. The number of rotatable bonds is 5. The van der Waals surface area contributed by atoms with Gasteiger partial charge < -0.3 is 20.1 Å². The number of carbonyl (C=O) groups is 1. The van der Waals surface area contributed by atoms with E-state index < -0.39 is 18.2 Å². The van der Waals surface area contributed by atoms with Crippen LogP contribution in [-0.4, -0.2) is 53.7 Å². The summed E-state index contributed by atoms with van der Waals surface area (Å²) < 4.78 is 3.79. The lowest BCUT2D eigenvalue weighted by atomic mass is 9.90. The van der Waals surface area contributed by atoms with Gasteiger partial charge >= 0.3 is 0 Å². The second-order valence-corrected chi connectivity index (χ2v) is 8.22. The van der Waals surface area contributed by atoms with E-state index in [0.29, 0.717) is 30.5 Å². The van der Waals surface area contributed by atoms with E-state index in [9.17, 15) is 15.0 Å². The van der Waals surface area contributed by atoms with Gasteiger partial charge in [0.05, 0.1) is 35.0 Å². The molecule has 3 heterocycles. The summed E-state index contributed by atoms with van der Waals surface area (Å²) in [5, 5.41) is 27.5. The number of carbonyl (C=O) groups excluding carboxylic acids is 1. The lowest BCUT2D eigenvalue weighted by Gasteiger charge is -2.32. The fourth-order valence-electron chi connectivity index (χ4n) is 4.37. The minimum atomic E-state index is -0.752. The summed E-state index contributed by atoms with van der Waals surface area (Å²) >= 11 is 0. The summed E-state index contributed by atoms with van der Waals surface area (Å²) in [6, 6.07) is 13.1. The molecule has 5 rings (SSSR count). The fourth-order valence-corrected chi connectivity index (χ4v) is 4.37. The van der Waals surface area contributed by atoms with Crippen LogP contribution in [0.3, 0.4) is 0 Å². The SMILES string of the molecule is O=C(NC1C(O)CCC[C@@H]1O)c1cn(Cc2ccc(-n3cccn3)cc2)c2cccnc12. The molecule has 0 bridgehead atoms. The topological polar surface area (TPSA) is 105 Å². The number of nitrogens with zero attached hydrogens (tertiary/aromatic N) is 4. The van der Waals surface area contributed by atoms with Gasteiger partial charge in [-0.1, -0.05) is 12.1 Å². The van der Waals surface area contributed by atoms with Gasteiger partial charge in [0.2, 0.25) is 0 Å². The molecule has 1 aliphatic rings. The number of amides is 1. The third-order valence-corrected chi connectivity index (χ3v) is 6.07. The molecule has 1 aliphatic carbocycles. The normalized spacial score (nSPS) is 21.0. The Kier molecular flexibility index (Phi) is 5.46. The number of aliphatic hydroxyl groups is 2. The number of aliphatic hydroxyl groups excluding tert-OH is 2. The Morgan fingerprint density at radius 1 is 1.06 bits per heavy atom. The van der Waals surface area contributed by atoms with E-state index in [4.69, 9.17) is 0 Å². The number of aromatic nitrogens is 4. The maximum Gasteiger partial charge on any atom is 0.255 e. The Morgan fingerprint density at radius 2 is 1.84 bits per heavy atom. The lowest BCUT2D eigenvalue weighted by molar-refractivity contribution is 0.00244. The molecular formula is C24H25N5O3. The van der Waals surface area contributed by atoms with E-state index in [1.165, 1.54) is 0 Å². The summed E-state index contributed by atoms with van der Waals surface area (Å²) in [6.45, 7) is 0.573. The summed E-state index contributed by atoms with van der Waals surface area (Å²) in [5.41, 5.74) is 3.92. The molecule has 1 aromatic carbocycles. The molecule has 1 amide bonds. The maximum absolute atomic E-state index is 13.1. The van der Waals surface area contributed by atoms with Crippen molar-refractivity contribution in [1.29, 1.82) is 0 Å². The molecule has 32 heavy (non-hydrogen) atoms. The average molecular weight is 431 g/mol. The Hall–Kier alpha value is -3.49. The molecule has 4 aromatic rings. The first-order valence-corrected chi connectivity index (χ1v) is 10.8. The largest absolute Gasteiger partial charge is 0.391 e. The first-order valence-electron chi connectivity index (χ1n) is 10.8. The fraction of sp³-hybridized carbons (Fsp3) is 0.292. The van der Waals surface area contributed by atoms with Gasteiger partial charge in [-0.25, -0.2) is 4.68 Å². The number of hydrogen-bond donors (Lipinski definition) is 3. The van der Waals surface area contributed by atoms with Gasteiger partial charge in [-0.05, 0) is 55.2 Å². The van der Waals surface area contributed by atoms with Gasteiger partial charge in [0.25, 0.3) is 5.91 Å². The van der Waals surface area contributed by atoms with Crippen molar-refractivity contribution in [3.05, 3.63) is 78.4 Å². The van der Waals surface area contributed by atoms with Crippen LogP contribution in [0, 0.1) is 0 Å². The second kappa shape index (κ2) is 8.57. The van der Waals surface area contributed by atoms with Crippen molar-refractivity contribution in [2.75, 3.05) is 0 Å². The van der Waals surface area contributed by atoms with Crippen molar-refractivity contribution >= 4 is 16.9 Å². The van der Waals surface area contributed by atoms with Crippen LogP contribution < -0.4 is 5.32 Å². The van der Waals surface area contributed by atoms with Gasteiger partial charge in [-0.15, -0.1) is 0 Å². The molecule has 0 spiro atoms. The van der Waals surface area contributed by atoms with Gasteiger partial charge in [-0.2, -0.15) is 5.10 Å². The highest BCUT2D eigenvalue weighted by atomic mass is 16.3. The van der Waals surface area contributed by atoms with Crippen molar-refractivity contribution in [2.45, 2.75) is 44.1 Å². The zero-order valence-corrected chi connectivity index (χ0v) is 17.5. The number of nitrogens with one attached hydrogen (secondary N) is 1. The monoisotopic (exact) mass is 431 g/mol. The number of fused-ring (bicyclic) bond motifs is 1. The zero-order valence-electron chi connectivity index (χ0n) is 17.5. The van der Waals surface area contributed by atoms with Crippen LogP contribution in [0.25, 0.3) is 16.7 Å². The quantitative estimate of drug-likeness (QED) is 0.450. The highest BCUT2D eigenvalue weighted by Gasteiger charge is 2.33. The average Bonchev–Trinajstić information content (AvgIpc) is 3.46. The van der Waals surface area contributed by atoms with E-state index in [1.54, 1.807) is 23.3 Å². The summed E-state index contributed by atoms with van der Waals surface area (Å²) in [5.74, 6) is -0.341. The molecule has 1 fully saturated rings. The summed E-state index contributed by atoms with van der Waals surface area (Å²) in [6.07, 6.45) is 7.45. The third-order valence-electron chi connectivity index (χ3n) is 6.07. The molecule has 8 heteroatoms. The van der Waals surface area contributed by atoms with Crippen molar-refractivity contribution in [3.8, 4) is 5.69 Å². The molecular weight excluding hydrogens is 406 g/mol. The lowest BCUT2D eigenvalue weighted by Crippen LogP contribution is -2.53. The first-order chi connectivity index (χ1) is 15.6. The Bertz CT molecular complexity index is 1210. The molecule has 0 radical (unpaired) electrons. The van der Waals surface area contributed by atoms with E-state index >= 15 is 0 Å². The zero-order chi connectivity index (χ0) is 22.1. The van der Waals surface area contributed by atoms with E-state index in [-0.39, 0.29) is 5.91 Å². The first kappa shape index (κ1) is 20.4. The van der Waals surface area contributed by atoms with Crippen LogP contribution >= 0.6 is 0 Å². The number of benzene rings is 1. The van der Waals surface area contributed by atoms with Crippen molar-refractivity contribution in [3.63, 3.8) is 0 Å². The summed E-state index contributed by atoms with van der Waals surface area (Å²) in [4.78, 5) is 17.5. The van der Waals surface area contributed by atoms with Crippen LogP contribution in [0.15, 0.2) is 67.3 Å². The van der Waals surface area contributed by atoms with Crippen LogP contribution in [-0.2, 0) is 6.54 Å². The molecule has 3 aromatic heterocycles. The maximum atomic E-state index is 13.1. The minimum absolute atomic E-state index is 0.341. The molecule has 8 nitrogen and oxygen atoms in total. The van der Waals surface area contributed by atoms with Crippen LogP contribution in [0.5, 0.6) is 0 Å². The van der Waals surface area contributed by atoms with Gasteiger partial charge in [0.15, 0.2) is 0 Å². The highest BCUT2D eigenvalue weighted by molar-refractivity contribution is 6.05. The molecule has 3 N–H and O–H groups in total. The molecule has 3 atom stereocenters. The molecule has 2 unspecified atom stereocenters. The second-order valence-electron chi connectivity index (χ2n) is 8.22. The minimum Gasteiger partial charge on any atom is -0.391 e. The van der Waals surface area contributed by atoms with Crippen LogP contribution in [0.4, 0.5) is 0 Å². The smallest absolute Gasteiger partial charge is 0.255 e. The van der Waals surface area contributed by atoms with Crippen LogP contribution in [0.2, 0.25) is 0 Å². The molecule has 0 saturated heterocycles. The van der Waals surface area contributed by atoms with Crippen molar-refractivity contribution in [1.82, 2.24) is 24.6 Å². The predicted molar refractivity (Wildman–Crippen MR) is 120 cm³/mol. The van der Waals surface area contributed by atoms with Gasteiger partial charge in [0.1, 0.15) is 5.52 Å². The standard InChI is InChI=1S/C24H25N5O3/c30-20-5-1-6-21(31)23(20)27-24(32)18-15-28(19-4-2-11-25-22(18)19)14-16-7-9-17(10-8-16)29-13-3-12-26-29/h2-4,7-13,15,20-21,23,30-31H,1,5-6,14H2,(H,27,32)/t20-,21?,23?/m0/s1. The van der Waals surface area contributed by atoms with Gasteiger partial charge in [0, 0.05) is 31.3 Å². The van der Waals surface area contributed by atoms with E-state index in [2.05, 4.69) is 15.4 Å². The van der Waals surface area contributed by atoms with E-state index in [0.717, 1.165) is 23.2 Å². The number of hydrogen-bond acceptors (Lipinski definition) is 5. The Labute approximate surface area is 185 Å². The third kappa shape index (κ3) is 3.90. The molecule has 164 valence electrons. The molecule has 0 aliphatic heterocycles. The van der Waals surface area contributed by atoms with Crippen molar-refractivity contribution < 1.29 is 15.0 Å². The van der Waals surface area contributed by atoms with Crippen LogP contribution in [0.1, 0.15) is 35.2 Å². The number of pyridine rings is 1. The van der Waals surface area contributed by atoms with Crippen molar-refractivity contribution in [2.24, 2.45) is 0 Å². The highest BCUT2D eigenvalue weighted by Crippen LogP contribution is 2.23. The predicted octanol–water partition coefficient (Wildman–Crippen LogP) is 2.27. The van der Waals surface area contributed by atoms with E-state index in [1.807, 2.05) is 53.2 Å². The Morgan fingerprint density at radius 3 is 2.56 bits per heavy atom.